The van der Waals surface area contributed by atoms with Crippen molar-refractivity contribution in [2.24, 2.45) is 0 Å². The minimum Gasteiger partial charge on any atom is -0.374 e. The lowest BCUT2D eigenvalue weighted by Gasteiger charge is -2.30. The number of aromatic nitrogens is 1. The molecule has 0 saturated carbocycles. The molecule has 2 aromatic rings. The smallest absolute Gasteiger partial charge is 0.221 e. The average Bonchev–Trinajstić information content (AvgIpc) is 2.94. The largest absolute Gasteiger partial charge is 0.374 e. The Hall–Kier alpha value is -1.85. The Morgan fingerprint density at radius 3 is 3.09 bits per heavy atom. The van der Waals surface area contributed by atoms with Crippen LogP contribution in [0.4, 0.5) is 0 Å². The van der Waals surface area contributed by atoms with Crippen LogP contribution in [0.5, 0.6) is 0 Å². The van der Waals surface area contributed by atoms with Crippen molar-refractivity contribution >= 4 is 16.8 Å². The van der Waals surface area contributed by atoms with E-state index in [4.69, 9.17) is 4.74 Å². The minimum atomic E-state index is 0.0783. The molecule has 0 radical (unpaired) electrons. The van der Waals surface area contributed by atoms with E-state index in [0.29, 0.717) is 19.5 Å². The zero-order valence-corrected chi connectivity index (χ0v) is 13.0. The van der Waals surface area contributed by atoms with Gasteiger partial charge in [0, 0.05) is 44.3 Å². The van der Waals surface area contributed by atoms with Crippen LogP contribution >= 0.6 is 0 Å². The van der Waals surface area contributed by atoms with E-state index < -0.39 is 0 Å². The maximum absolute atomic E-state index is 12.0. The molecule has 0 spiro atoms. The van der Waals surface area contributed by atoms with E-state index in [1.54, 1.807) is 0 Å². The number of hydrogen-bond acceptors (Lipinski definition) is 3. The summed E-state index contributed by atoms with van der Waals surface area (Å²) < 4.78 is 7.77. The van der Waals surface area contributed by atoms with E-state index in [-0.39, 0.29) is 12.0 Å². The number of likely N-dealkylation sites (N-methyl/N-ethyl adjacent to an activating group) is 1. The van der Waals surface area contributed by atoms with Gasteiger partial charge in [0.2, 0.25) is 5.91 Å². The molecular weight excluding hydrogens is 278 g/mol. The predicted molar refractivity (Wildman–Crippen MR) is 86.8 cm³/mol. The third-order valence-corrected chi connectivity index (χ3v) is 4.13. The molecule has 1 aliphatic rings. The number of ether oxygens (including phenoxy) is 1. The number of para-hydroxylation sites is 1. The topological polar surface area (TPSA) is 46.5 Å². The van der Waals surface area contributed by atoms with Gasteiger partial charge in [0.1, 0.15) is 0 Å². The van der Waals surface area contributed by atoms with E-state index >= 15 is 0 Å². The third kappa shape index (κ3) is 3.67. The Morgan fingerprint density at radius 1 is 1.36 bits per heavy atom. The fraction of sp³-hybridized carbons (Fsp3) is 0.471. The molecule has 1 unspecified atom stereocenters. The van der Waals surface area contributed by atoms with Crippen LogP contribution in [0.15, 0.2) is 36.5 Å². The van der Waals surface area contributed by atoms with Crippen molar-refractivity contribution in [3.8, 4) is 0 Å². The fourth-order valence-electron chi connectivity index (χ4n) is 2.86. The summed E-state index contributed by atoms with van der Waals surface area (Å²) in [5.41, 5.74) is 1.17. The van der Waals surface area contributed by atoms with E-state index in [1.807, 2.05) is 18.3 Å². The van der Waals surface area contributed by atoms with Crippen LogP contribution in [0.1, 0.15) is 6.42 Å². The Labute approximate surface area is 130 Å². The van der Waals surface area contributed by atoms with Crippen LogP contribution in [0, 0.1) is 0 Å². The summed E-state index contributed by atoms with van der Waals surface area (Å²) in [6, 6.07) is 10.3. The number of benzene rings is 1. The molecule has 1 saturated heterocycles. The molecule has 1 aliphatic heterocycles. The molecule has 2 heterocycles. The Kier molecular flexibility index (Phi) is 4.75. The van der Waals surface area contributed by atoms with Crippen LogP contribution < -0.4 is 5.32 Å². The first-order valence-electron chi connectivity index (χ1n) is 7.83. The number of hydrogen-bond donors (Lipinski definition) is 1. The van der Waals surface area contributed by atoms with Gasteiger partial charge in [0.15, 0.2) is 0 Å². The molecule has 1 N–H and O–H groups in total. The Morgan fingerprint density at radius 2 is 2.23 bits per heavy atom. The second-order valence-electron chi connectivity index (χ2n) is 5.88. The van der Waals surface area contributed by atoms with E-state index in [0.717, 1.165) is 19.7 Å². The predicted octanol–water partition coefficient (Wildman–Crippen LogP) is 1.48. The highest BCUT2D eigenvalue weighted by Gasteiger charge is 2.18. The standard InChI is InChI=1S/C17H23N3O2/c1-19-10-11-22-15(13-19)12-18-17(21)7-9-20-8-6-14-4-2-3-5-16(14)20/h2-6,8,15H,7,9-13H2,1H3,(H,18,21). The van der Waals surface area contributed by atoms with Crippen molar-refractivity contribution in [2.45, 2.75) is 19.1 Å². The van der Waals surface area contributed by atoms with Crippen LogP contribution in [0.2, 0.25) is 0 Å². The molecule has 1 fully saturated rings. The van der Waals surface area contributed by atoms with E-state index in [1.165, 1.54) is 10.9 Å². The molecule has 1 aromatic carbocycles. The maximum atomic E-state index is 12.0. The van der Waals surface area contributed by atoms with Crippen LogP contribution in [0.25, 0.3) is 10.9 Å². The van der Waals surface area contributed by atoms with Crippen LogP contribution in [-0.4, -0.2) is 54.8 Å². The fourth-order valence-corrected chi connectivity index (χ4v) is 2.86. The lowest BCUT2D eigenvalue weighted by atomic mass is 10.2. The summed E-state index contributed by atoms with van der Waals surface area (Å²) in [6.07, 6.45) is 2.63. The van der Waals surface area contributed by atoms with Gasteiger partial charge in [-0.2, -0.15) is 0 Å². The number of fused-ring (bicyclic) bond motifs is 1. The molecule has 0 bridgehead atoms. The molecule has 118 valence electrons. The van der Waals surface area contributed by atoms with Crippen molar-refractivity contribution in [2.75, 3.05) is 33.3 Å². The number of nitrogens with zero attached hydrogens (tertiary/aromatic N) is 2. The highest BCUT2D eigenvalue weighted by molar-refractivity contribution is 5.80. The lowest BCUT2D eigenvalue weighted by molar-refractivity contribution is -0.122. The average molecular weight is 301 g/mol. The van der Waals surface area contributed by atoms with Crippen molar-refractivity contribution in [1.29, 1.82) is 0 Å². The van der Waals surface area contributed by atoms with Gasteiger partial charge in [-0.05, 0) is 24.6 Å². The van der Waals surface area contributed by atoms with Gasteiger partial charge >= 0.3 is 0 Å². The minimum absolute atomic E-state index is 0.0783. The zero-order chi connectivity index (χ0) is 15.4. The van der Waals surface area contributed by atoms with Gasteiger partial charge < -0.3 is 19.5 Å². The van der Waals surface area contributed by atoms with Crippen molar-refractivity contribution in [1.82, 2.24) is 14.8 Å². The van der Waals surface area contributed by atoms with E-state index in [9.17, 15) is 4.79 Å². The van der Waals surface area contributed by atoms with Crippen molar-refractivity contribution < 1.29 is 9.53 Å². The summed E-state index contributed by atoms with van der Waals surface area (Å²) in [5.74, 6) is 0.0783. The first-order chi connectivity index (χ1) is 10.7. The third-order valence-electron chi connectivity index (χ3n) is 4.13. The SMILES string of the molecule is CN1CCOC(CNC(=O)CCn2ccc3ccccc32)C1. The number of amides is 1. The highest BCUT2D eigenvalue weighted by atomic mass is 16.5. The molecule has 3 rings (SSSR count). The van der Waals surface area contributed by atoms with Gasteiger partial charge in [0.25, 0.3) is 0 Å². The Bertz CT molecular complexity index is 638. The highest BCUT2D eigenvalue weighted by Crippen LogP contribution is 2.15. The molecular formula is C17H23N3O2. The van der Waals surface area contributed by atoms with Gasteiger partial charge in [-0.3, -0.25) is 4.79 Å². The number of carbonyl (C=O) groups is 1. The lowest BCUT2D eigenvalue weighted by Crippen LogP contribution is -2.46. The van der Waals surface area contributed by atoms with Crippen molar-refractivity contribution in [3.05, 3.63) is 36.5 Å². The first-order valence-corrected chi connectivity index (χ1v) is 7.83. The van der Waals surface area contributed by atoms with E-state index in [2.05, 4.69) is 40.0 Å². The number of aryl methyl sites for hydroxylation is 1. The molecule has 22 heavy (non-hydrogen) atoms. The molecule has 5 heteroatoms. The molecule has 5 nitrogen and oxygen atoms in total. The molecule has 1 aromatic heterocycles. The number of rotatable bonds is 5. The normalized spacial score (nSPS) is 19.4. The first kappa shape index (κ1) is 15.1. The summed E-state index contributed by atoms with van der Waals surface area (Å²) in [6.45, 7) is 3.88. The zero-order valence-electron chi connectivity index (χ0n) is 13.0. The van der Waals surface area contributed by atoms with Gasteiger partial charge in [-0.1, -0.05) is 18.2 Å². The summed E-state index contributed by atoms with van der Waals surface area (Å²) >= 11 is 0. The maximum Gasteiger partial charge on any atom is 0.221 e. The molecule has 0 aliphatic carbocycles. The van der Waals surface area contributed by atoms with Crippen LogP contribution in [-0.2, 0) is 16.1 Å². The van der Waals surface area contributed by atoms with Crippen LogP contribution in [0.3, 0.4) is 0 Å². The monoisotopic (exact) mass is 301 g/mol. The second-order valence-corrected chi connectivity index (χ2v) is 5.88. The van der Waals surface area contributed by atoms with Gasteiger partial charge in [-0.25, -0.2) is 0 Å². The quantitative estimate of drug-likeness (QED) is 0.910. The number of morpholine rings is 1. The summed E-state index contributed by atoms with van der Waals surface area (Å²) in [7, 11) is 2.08. The molecule has 1 amide bonds. The van der Waals surface area contributed by atoms with Gasteiger partial charge in [-0.15, -0.1) is 0 Å². The summed E-state index contributed by atoms with van der Waals surface area (Å²) in [4.78, 5) is 14.2. The van der Waals surface area contributed by atoms with Crippen molar-refractivity contribution in [3.63, 3.8) is 0 Å². The number of carbonyl (C=O) groups excluding carboxylic acids is 1. The molecule has 1 atom stereocenters. The summed E-state index contributed by atoms with van der Waals surface area (Å²) in [5, 5.41) is 4.19. The number of nitrogens with one attached hydrogen (secondary N) is 1. The van der Waals surface area contributed by atoms with Gasteiger partial charge in [0.05, 0.1) is 12.7 Å². The Balaban J connectivity index is 1.46. The second kappa shape index (κ2) is 6.94.